The minimum absolute atomic E-state index is 0.0377. The molecular weight excluding hydrogens is 375 g/mol. The fraction of sp³-hybridized carbons (Fsp3) is 0.417. The molecule has 0 aliphatic carbocycles. The summed E-state index contributed by atoms with van der Waals surface area (Å²) in [7, 11) is -3.12. The second kappa shape index (κ2) is 5.60. The lowest BCUT2D eigenvalue weighted by Crippen LogP contribution is -2.43. The van der Waals surface area contributed by atoms with Gasteiger partial charge in [-0.15, -0.1) is 0 Å². The van der Waals surface area contributed by atoms with Gasteiger partial charge in [0.05, 0.1) is 22.6 Å². The van der Waals surface area contributed by atoms with Crippen LogP contribution in [0.1, 0.15) is 15.9 Å². The van der Waals surface area contributed by atoms with Crippen molar-refractivity contribution in [2.75, 3.05) is 24.6 Å². The van der Waals surface area contributed by atoms with Crippen molar-refractivity contribution in [3.05, 3.63) is 33.8 Å². The van der Waals surface area contributed by atoms with Crippen molar-refractivity contribution >= 4 is 31.7 Å². The maximum absolute atomic E-state index is 12.6. The van der Waals surface area contributed by atoms with Crippen LogP contribution in [-0.4, -0.2) is 43.8 Å². The van der Waals surface area contributed by atoms with Gasteiger partial charge in [-0.05, 0) is 34.1 Å². The van der Waals surface area contributed by atoms with Crippen LogP contribution >= 0.6 is 15.9 Å². The Morgan fingerprint density at radius 2 is 1.76 bits per heavy atom. The van der Waals surface area contributed by atoms with Crippen LogP contribution in [0, 0.1) is 0 Å². The molecule has 0 N–H and O–H groups in total. The summed E-state index contributed by atoms with van der Waals surface area (Å²) in [5.41, 5.74) is -0.769. The molecule has 0 aromatic heterocycles. The van der Waals surface area contributed by atoms with E-state index in [4.69, 9.17) is 0 Å². The van der Waals surface area contributed by atoms with E-state index < -0.39 is 27.5 Å². The van der Waals surface area contributed by atoms with Crippen molar-refractivity contribution in [2.24, 2.45) is 0 Å². The number of halogens is 4. The molecule has 0 atom stereocenters. The van der Waals surface area contributed by atoms with E-state index >= 15 is 0 Å². The average molecular weight is 386 g/mol. The summed E-state index contributed by atoms with van der Waals surface area (Å²) in [5.74, 6) is -0.737. The van der Waals surface area contributed by atoms with Gasteiger partial charge in [0.15, 0.2) is 9.84 Å². The second-order valence-electron chi connectivity index (χ2n) is 4.64. The zero-order chi connectivity index (χ0) is 15.8. The first-order chi connectivity index (χ1) is 9.60. The highest BCUT2D eigenvalue weighted by Gasteiger charge is 2.32. The average Bonchev–Trinajstić information content (AvgIpc) is 2.36. The molecule has 1 heterocycles. The Balaban J connectivity index is 2.21. The summed E-state index contributed by atoms with van der Waals surface area (Å²) >= 11 is 2.96. The standard InChI is InChI=1S/C12H11BrF3NO3S/c13-10-7-8(12(14,15)16)1-2-9(10)11(18)17-3-5-21(19,20)6-4-17/h1-2,7H,3-6H2. The van der Waals surface area contributed by atoms with E-state index in [1.807, 2.05) is 0 Å². The van der Waals surface area contributed by atoms with Gasteiger partial charge in [-0.25, -0.2) is 8.42 Å². The number of carbonyl (C=O) groups excluding carboxylic acids is 1. The lowest BCUT2D eigenvalue weighted by atomic mass is 10.1. The minimum Gasteiger partial charge on any atom is -0.337 e. The number of amides is 1. The fourth-order valence-electron chi connectivity index (χ4n) is 1.95. The van der Waals surface area contributed by atoms with Crippen LogP contribution in [0.15, 0.2) is 22.7 Å². The third-order valence-electron chi connectivity index (χ3n) is 3.16. The molecule has 0 saturated carbocycles. The SMILES string of the molecule is O=C(c1ccc(C(F)(F)F)cc1Br)N1CCS(=O)(=O)CC1. The van der Waals surface area contributed by atoms with E-state index in [9.17, 15) is 26.4 Å². The fourth-order valence-corrected chi connectivity index (χ4v) is 3.70. The molecule has 9 heteroatoms. The summed E-state index contributed by atoms with van der Waals surface area (Å²) in [4.78, 5) is 13.5. The molecular formula is C12H11BrF3NO3S. The van der Waals surface area contributed by atoms with Gasteiger partial charge >= 0.3 is 6.18 Å². The molecule has 1 aromatic rings. The molecule has 0 unspecified atom stereocenters. The van der Waals surface area contributed by atoms with Crippen molar-refractivity contribution in [1.29, 1.82) is 0 Å². The van der Waals surface area contributed by atoms with Crippen LogP contribution in [-0.2, 0) is 16.0 Å². The van der Waals surface area contributed by atoms with Crippen LogP contribution in [0.25, 0.3) is 0 Å². The molecule has 2 rings (SSSR count). The van der Waals surface area contributed by atoms with E-state index in [2.05, 4.69) is 15.9 Å². The summed E-state index contributed by atoms with van der Waals surface area (Å²) in [5, 5.41) is 0. The van der Waals surface area contributed by atoms with Gasteiger partial charge in [0.25, 0.3) is 5.91 Å². The molecule has 1 aliphatic heterocycles. The van der Waals surface area contributed by atoms with Crippen molar-refractivity contribution in [3.8, 4) is 0 Å². The second-order valence-corrected chi connectivity index (χ2v) is 7.79. The Morgan fingerprint density at radius 3 is 2.24 bits per heavy atom. The van der Waals surface area contributed by atoms with Gasteiger partial charge in [0, 0.05) is 17.6 Å². The van der Waals surface area contributed by atoms with Crippen molar-refractivity contribution < 1.29 is 26.4 Å². The molecule has 21 heavy (non-hydrogen) atoms. The smallest absolute Gasteiger partial charge is 0.337 e. The molecule has 0 spiro atoms. The number of alkyl halides is 3. The molecule has 1 fully saturated rings. The normalized spacial score (nSPS) is 18.6. The van der Waals surface area contributed by atoms with Gasteiger partial charge in [-0.3, -0.25) is 4.79 Å². The maximum Gasteiger partial charge on any atom is 0.416 e. The molecule has 1 aromatic carbocycles. The summed E-state index contributed by atoms with van der Waals surface area (Å²) in [6.07, 6.45) is -4.48. The van der Waals surface area contributed by atoms with Crippen molar-refractivity contribution in [1.82, 2.24) is 4.90 Å². The van der Waals surface area contributed by atoms with E-state index in [1.54, 1.807) is 0 Å². The van der Waals surface area contributed by atoms with Crippen LogP contribution in [0.3, 0.4) is 0 Å². The summed E-state index contributed by atoms with van der Waals surface area (Å²) in [6.45, 7) is 0.100. The van der Waals surface area contributed by atoms with Crippen molar-refractivity contribution in [3.63, 3.8) is 0 Å². The lowest BCUT2D eigenvalue weighted by molar-refractivity contribution is -0.137. The van der Waals surface area contributed by atoms with E-state index in [1.165, 1.54) is 4.90 Å². The third kappa shape index (κ3) is 3.76. The highest BCUT2D eigenvalue weighted by atomic mass is 79.9. The predicted molar refractivity (Wildman–Crippen MR) is 73.7 cm³/mol. The van der Waals surface area contributed by atoms with Crippen molar-refractivity contribution in [2.45, 2.75) is 6.18 Å². The molecule has 0 radical (unpaired) electrons. The van der Waals surface area contributed by atoms with Crippen LogP contribution in [0.2, 0.25) is 0 Å². The highest BCUT2D eigenvalue weighted by molar-refractivity contribution is 9.10. The summed E-state index contributed by atoms with van der Waals surface area (Å²) in [6, 6.07) is 2.77. The van der Waals surface area contributed by atoms with E-state index in [0.717, 1.165) is 18.2 Å². The number of sulfone groups is 1. The first kappa shape index (κ1) is 16.3. The Kier molecular flexibility index (Phi) is 4.34. The first-order valence-corrected chi connectivity index (χ1v) is 8.58. The third-order valence-corrected chi connectivity index (χ3v) is 5.42. The molecule has 1 aliphatic rings. The first-order valence-electron chi connectivity index (χ1n) is 5.96. The van der Waals surface area contributed by atoms with Crippen LogP contribution in [0.5, 0.6) is 0 Å². The predicted octanol–water partition coefficient (Wildman–Crippen LogP) is 2.34. The van der Waals surface area contributed by atoms with Gasteiger partial charge < -0.3 is 4.90 Å². The Labute approximate surface area is 128 Å². The molecule has 1 amide bonds. The molecule has 1 saturated heterocycles. The van der Waals surface area contributed by atoms with Crippen LogP contribution in [0.4, 0.5) is 13.2 Å². The Hall–Kier alpha value is -1.09. The molecule has 0 bridgehead atoms. The zero-order valence-corrected chi connectivity index (χ0v) is 13.1. The minimum atomic E-state index is -4.48. The summed E-state index contributed by atoms with van der Waals surface area (Å²) < 4.78 is 60.3. The monoisotopic (exact) mass is 385 g/mol. The van der Waals surface area contributed by atoms with Gasteiger partial charge in [-0.2, -0.15) is 13.2 Å². The number of benzene rings is 1. The topological polar surface area (TPSA) is 54.5 Å². The van der Waals surface area contributed by atoms with E-state index in [0.29, 0.717) is 0 Å². The largest absolute Gasteiger partial charge is 0.416 e. The van der Waals surface area contributed by atoms with Crippen LogP contribution < -0.4 is 0 Å². The van der Waals surface area contributed by atoms with E-state index in [-0.39, 0.29) is 34.6 Å². The quantitative estimate of drug-likeness (QED) is 0.745. The molecule has 116 valence electrons. The maximum atomic E-state index is 12.6. The van der Waals surface area contributed by atoms with Gasteiger partial charge in [-0.1, -0.05) is 0 Å². The van der Waals surface area contributed by atoms with Gasteiger partial charge in [0.2, 0.25) is 0 Å². The number of hydrogen-bond acceptors (Lipinski definition) is 3. The lowest BCUT2D eigenvalue weighted by Gasteiger charge is -2.27. The Morgan fingerprint density at radius 1 is 1.19 bits per heavy atom. The zero-order valence-electron chi connectivity index (χ0n) is 10.7. The number of hydrogen-bond donors (Lipinski definition) is 0. The van der Waals surface area contributed by atoms with Gasteiger partial charge in [0.1, 0.15) is 0 Å². The number of rotatable bonds is 1. The molecule has 4 nitrogen and oxygen atoms in total. The number of carbonyl (C=O) groups is 1. The Bertz CT molecular complexity index is 659. The number of nitrogens with zero attached hydrogens (tertiary/aromatic N) is 1. The highest BCUT2D eigenvalue weighted by Crippen LogP contribution is 2.32.